The third-order valence-corrected chi connectivity index (χ3v) is 4.02. The number of hydrogen-bond donors (Lipinski definition) is 1. The van der Waals surface area contributed by atoms with Crippen LogP contribution in [0.15, 0.2) is 72.8 Å². The third-order valence-electron chi connectivity index (χ3n) is 4.02. The van der Waals surface area contributed by atoms with Crippen LogP contribution in [0, 0.1) is 11.6 Å². The van der Waals surface area contributed by atoms with Gasteiger partial charge in [0.15, 0.2) is 0 Å². The molecule has 0 aromatic heterocycles. The number of para-hydroxylation sites is 1. The van der Waals surface area contributed by atoms with Crippen LogP contribution in [0.25, 0.3) is 0 Å². The van der Waals surface area contributed by atoms with Gasteiger partial charge in [-0.3, -0.25) is 0 Å². The molecule has 0 saturated carbocycles. The number of hydrogen-bond acceptors (Lipinski definition) is 1. The predicted molar refractivity (Wildman–Crippen MR) is 94.0 cm³/mol. The lowest BCUT2D eigenvalue weighted by Gasteiger charge is -2.08. The van der Waals surface area contributed by atoms with Crippen molar-refractivity contribution in [3.05, 3.63) is 101 Å². The van der Waals surface area contributed by atoms with Crippen molar-refractivity contribution in [2.24, 2.45) is 0 Å². The fraction of sp³-hybridized carbons (Fsp3) is 0.143. The Hall–Kier alpha value is -2.68. The first-order valence-corrected chi connectivity index (χ1v) is 8.02. The van der Waals surface area contributed by atoms with E-state index in [-0.39, 0.29) is 11.6 Å². The van der Waals surface area contributed by atoms with Crippen molar-refractivity contribution in [1.29, 1.82) is 0 Å². The quantitative estimate of drug-likeness (QED) is 0.644. The van der Waals surface area contributed by atoms with E-state index in [9.17, 15) is 8.78 Å². The molecule has 1 nitrogen and oxygen atoms in total. The minimum absolute atomic E-state index is 0.150. The van der Waals surface area contributed by atoms with E-state index in [1.165, 1.54) is 12.1 Å². The van der Waals surface area contributed by atoms with Crippen molar-refractivity contribution in [2.75, 3.05) is 5.32 Å². The maximum Gasteiger partial charge on any atom is 0.146 e. The number of nitrogens with one attached hydrogen (secondary N) is 1. The standard InChI is InChI=1S/C21H19F2N/c22-19-6-2-1-5-18(19)14-13-16-9-11-17(12-10-16)15-24-21-8-4-3-7-20(21)23/h1-12,24H,13-15H2. The summed E-state index contributed by atoms with van der Waals surface area (Å²) < 4.78 is 27.2. The molecule has 0 saturated heterocycles. The molecule has 0 amide bonds. The predicted octanol–water partition coefficient (Wildman–Crippen LogP) is 5.36. The molecule has 1 N–H and O–H groups in total. The van der Waals surface area contributed by atoms with Gasteiger partial charge in [0.1, 0.15) is 11.6 Å². The summed E-state index contributed by atoms with van der Waals surface area (Å²) in [7, 11) is 0. The molecule has 0 spiro atoms. The van der Waals surface area contributed by atoms with Crippen LogP contribution >= 0.6 is 0 Å². The van der Waals surface area contributed by atoms with Crippen molar-refractivity contribution in [3.8, 4) is 0 Å². The first-order valence-electron chi connectivity index (χ1n) is 8.02. The zero-order valence-electron chi connectivity index (χ0n) is 13.3. The van der Waals surface area contributed by atoms with Gasteiger partial charge in [-0.2, -0.15) is 0 Å². The monoisotopic (exact) mass is 323 g/mol. The van der Waals surface area contributed by atoms with Crippen molar-refractivity contribution in [1.82, 2.24) is 0 Å². The maximum absolute atomic E-state index is 13.6. The highest BCUT2D eigenvalue weighted by Gasteiger charge is 2.03. The molecule has 0 heterocycles. The Kier molecular flexibility index (Phi) is 5.22. The number of anilines is 1. The maximum atomic E-state index is 13.6. The van der Waals surface area contributed by atoms with E-state index >= 15 is 0 Å². The van der Waals surface area contributed by atoms with Crippen molar-refractivity contribution < 1.29 is 8.78 Å². The van der Waals surface area contributed by atoms with E-state index < -0.39 is 0 Å². The molecule has 0 radical (unpaired) electrons. The van der Waals surface area contributed by atoms with Crippen molar-refractivity contribution in [3.63, 3.8) is 0 Å². The second kappa shape index (κ2) is 7.73. The first-order chi connectivity index (χ1) is 11.7. The second-order valence-electron chi connectivity index (χ2n) is 5.74. The summed E-state index contributed by atoms with van der Waals surface area (Å²) in [5, 5.41) is 3.09. The molecule has 0 aliphatic rings. The van der Waals surface area contributed by atoms with Crippen LogP contribution in [0.3, 0.4) is 0 Å². The van der Waals surface area contributed by atoms with Crippen LogP contribution in [0.4, 0.5) is 14.5 Å². The fourth-order valence-corrected chi connectivity index (χ4v) is 2.61. The van der Waals surface area contributed by atoms with E-state index in [0.717, 1.165) is 23.1 Å². The molecule has 0 unspecified atom stereocenters. The van der Waals surface area contributed by atoms with Crippen LogP contribution in [0.2, 0.25) is 0 Å². The topological polar surface area (TPSA) is 12.0 Å². The summed E-state index contributed by atoms with van der Waals surface area (Å²) in [4.78, 5) is 0. The molecule has 3 aromatic carbocycles. The van der Waals surface area contributed by atoms with Gasteiger partial charge in [-0.1, -0.05) is 54.6 Å². The van der Waals surface area contributed by atoms with Crippen LogP contribution in [-0.2, 0) is 19.4 Å². The lowest BCUT2D eigenvalue weighted by molar-refractivity contribution is 0.608. The van der Waals surface area contributed by atoms with E-state index in [4.69, 9.17) is 0 Å². The summed E-state index contributed by atoms with van der Waals surface area (Å²) in [5.41, 5.74) is 3.48. The molecule has 0 aliphatic carbocycles. The zero-order chi connectivity index (χ0) is 16.8. The van der Waals surface area contributed by atoms with Gasteiger partial charge in [0.25, 0.3) is 0 Å². The Bertz CT molecular complexity index is 728. The summed E-state index contributed by atoms with van der Waals surface area (Å²) in [5.74, 6) is -0.401. The zero-order valence-corrected chi connectivity index (χ0v) is 13.3. The van der Waals surface area contributed by atoms with E-state index in [2.05, 4.69) is 5.32 Å². The van der Waals surface area contributed by atoms with Gasteiger partial charge < -0.3 is 5.32 Å². The highest BCUT2D eigenvalue weighted by atomic mass is 19.1. The molecule has 0 aliphatic heterocycles. The van der Waals surface area contributed by atoms with Crippen LogP contribution in [0.1, 0.15) is 16.7 Å². The minimum Gasteiger partial charge on any atom is -0.379 e. The molecule has 122 valence electrons. The van der Waals surface area contributed by atoms with Gasteiger partial charge in [0.2, 0.25) is 0 Å². The Labute approximate surface area is 141 Å². The van der Waals surface area contributed by atoms with Crippen LogP contribution < -0.4 is 5.32 Å². The van der Waals surface area contributed by atoms with E-state index in [1.54, 1.807) is 24.3 Å². The summed E-state index contributed by atoms with van der Waals surface area (Å²) in [6.45, 7) is 0.564. The number of benzene rings is 3. The van der Waals surface area contributed by atoms with Gasteiger partial charge in [0, 0.05) is 6.54 Å². The molecule has 3 rings (SSSR count). The van der Waals surface area contributed by atoms with Gasteiger partial charge in [-0.15, -0.1) is 0 Å². The lowest BCUT2D eigenvalue weighted by atomic mass is 10.0. The minimum atomic E-state index is -0.251. The largest absolute Gasteiger partial charge is 0.379 e. The SMILES string of the molecule is Fc1ccccc1CCc1ccc(CNc2ccccc2F)cc1. The van der Waals surface area contributed by atoms with Crippen molar-refractivity contribution >= 4 is 5.69 Å². The fourth-order valence-electron chi connectivity index (χ4n) is 2.61. The Balaban J connectivity index is 1.55. The van der Waals surface area contributed by atoms with Gasteiger partial charge in [0.05, 0.1) is 5.69 Å². The molecular formula is C21H19F2N. The summed E-state index contributed by atoms with van der Waals surface area (Å²) >= 11 is 0. The Morgan fingerprint density at radius 2 is 1.25 bits per heavy atom. The average Bonchev–Trinajstić information content (AvgIpc) is 2.61. The summed E-state index contributed by atoms with van der Waals surface area (Å²) in [6, 6.07) is 21.6. The first kappa shape index (κ1) is 16.2. The normalized spacial score (nSPS) is 10.6. The number of rotatable bonds is 6. The van der Waals surface area contributed by atoms with Crippen LogP contribution in [0.5, 0.6) is 0 Å². The van der Waals surface area contributed by atoms with Crippen LogP contribution in [-0.4, -0.2) is 0 Å². The number of aryl methyl sites for hydroxylation is 2. The molecule has 3 aromatic rings. The molecule has 3 heteroatoms. The van der Waals surface area contributed by atoms with E-state index in [0.29, 0.717) is 18.7 Å². The highest BCUT2D eigenvalue weighted by molar-refractivity contribution is 5.45. The van der Waals surface area contributed by atoms with Crippen molar-refractivity contribution in [2.45, 2.75) is 19.4 Å². The van der Waals surface area contributed by atoms with Gasteiger partial charge >= 0.3 is 0 Å². The molecule has 0 bridgehead atoms. The van der Waals surface area contributed by atoms with Gasteiger partial charge in [-0.25, -0.2) is 8.78 Å². The number of halogens is 2. The van der Waals surface area contributed by atoms with E-state index in [1.807, 2.05) is 36.4 Å². The average molecular weight is 323 g/mol. The Morgan fingerprint density at radius 3 is 1.96 bits per heavy atom. The lowest BCUT2D eigenvalue weighted by Crippen LogP contribution is -2.01. The molecule has 0 fully saturated rings. The Morgan fingerprint density at radius 1 is 0.625 bits per heavy atom. The second-order valence-corrected chi connectivity index (χ2v) is 5.74. The molecule has 24 heavy (non-hydrogen) atoms. The smallest absolute Gasteiger partial charge is 0.146 e. The molecule has 0 atom stereocenters. The third kappa shape index (κ3) is 4.19. The molecular weight excluding hydrogens is 304 g/mol. The van der Waals surface area contributed by atoms with Gasteiger partial charge in [-0.05, 0) is 47.7 Å². The highest BCUT2D eigenvalue weighted by Crippen LogP contribution is 2.15. The summed E-state index contributed by atoms with van der Waals surface area (Å²) in [6.07, 6.45) is 1.47.